The van der Waals surface area contributed by atoms with Crippen molar-refractivity contribution in [1.29, 1.82) is 0 Å². The van der Waals surface area contributed by atoms with E-state index in [9.17, 15) is 0 Å². The Bertz CT molecular complexity index is 4120. The molecule has 12 aromatic carbocycles. The van der Waals surface area contributed by atoms with E-state index in [0.717, 1.165) is 73.1 Å². The van der Waals surface area contributed by atoms with Crippen LogP contribution in [0.5, 0.6) is 0 Å². The number of furan rings is 1. The van der Waals surface area contributed by atoms with Crippen molar-refractivity contribution in [3.05, 3.63) is 291 Å². The molecule has 13 aromatic rings. The van der Waals surface area contributed by atoms with Crippen molar-refractivity contribution >= 4 is 96.2 Å². The van der Waals surface area contributed by atoms with Crippen LogP contribution in [-0.4, -0.2) is 6.71 Å². The van der Waals surface area contributed by atoms with Crippen molar-refractivity contribution in [2.24, 2.45) is 0 Å². The van der Waals surface area contributed by atoms with Gasteiger partial charge in [-0.15, -0.1) is 0 Å². The van der Waals surface area contributed by atoms with E-state index in [4.69, 9.17) is 4.42 Å². The molecule has 360 valence electrons. The molecule has 0 atom stereocenters. The number of rotatable bonds is 9. The van der Waals surface area contributed by atoms with E-state index < -0.39 is 0 Å². The monoisotopic (exact) mass is 981 g/mol. The Labute approximate surface area is 448 Å². The molecule has 0 N–H and O–H groups in total. The van der Waals surface area contributed by atoms with Gasteiger partial charge in [0.05, 0.1) is 16.8 Å². The minimum Gasteiger partial charge on any atom is -0.456 e. The number of fused-ring (bicyclic) bond motifs is 7. The molecule has 5 heteroatoms. The molecule has 1 aromatic heterocycles. The molecular weight excluding hydrogens is 934 g/mol. The molecule has 0 aliphatic carbocycles. The Hall–Kier alpha value is -10.1. The van der Waals surface area contributed by atoms with Gasteiger partial charge in [0.25, 0.3) is 6.71 Å². The molecule has 0 spiro atoms. The second-order valence-corrected chi connectivity index (χ2v) is 20.0. The second kappa shape index (κ2) is 18.4. The second-order valence-electron chi connectivity index (χ2n) is 20.0. The van der Waals surface area contributed by atoms with Crippen molar-refractivity contribution in [2.45, 2.75) is 0 Å². The minimum absolute atomic E-state index is 0.141. The maximum absolute atomic E-state index is 6.62. The van der Waals surface area contributed by atoms with Crippen molar-refractivity contribution in [3.8, 4) is 44.5 Å². The van der Waals surface area contributed by atoms with Gasteiger partial charge in [-0.25, -0.2) is 0 Å². The van der Waals surface area contributed by atoms with Crippen LogP contribution in [0.2, 0.25) is 0 Å². The summed E-state index contributed by atoms with van der Waals surface area (Å²) >= 11 is 0. The largest absolute Gasteiger partial charge is 0.456 e. The Balaban J connectivity index is 1.05. The highest BCUT2D eigenvalue weighted by Crippen LogP contribution is 2.50. The summed E-state index contributed by atoms with van der Waals surface area (Å²) < 4.78 is 6.62. The van der Waals surface area contributed by atoms with E-state index in [1.165, 1.54) is 60.9 Å². The normalized spacial score (nSPS) is 12.3. The third kappa shape index (κ3) is 7.54. The molecule has 0 saturated carbocycles. The van der Waals surface area contributed by atoms with Crippen LogP contribution in [0.1, 0.15) is 0 Å². The van der Waals surface area contributed by atoms with Crippen LogP contribution in [-0.2, 0) is 0 Å². The number of benzene rings is 12. The summed E-state index contributed by atoms with van der Waals surface area (Å²) in [4.78, 5) is 7.49. The molecule has 4 nitrogen and oxygen atoms in total. The molecule has 15 rings (SSSR count). The van der Waals surface area contributed by atoms with Crippen LogP contribution in [0.25, 0.3) is 66.4 Å². The quantitative estimate of drug-likeness (QED) is 0.134. The average Bonchev–Trinajstić information content (AvgIpc) is 3.94. The van der Waals surface area contributed by atoms with Gasteiger partial charge in [-0.3, -0.25) is 0 Å². The first kappa shape index (κ1) is 44.4. The zero-order chi connectivity index (χ0) is 50.8. The first-order chi connectivity index (χ1) is 38.2. The van der Waals surface area contributed by atoms with Crippen molar-refractivity contribution < 1.29 is 4.42 Å². The lowest BCUT2D eigenvalue weighted by atomic mass is 9.33. The van der Waals surface area contributed by atoms with E-state index in [-0.39, 0.29) is 6.71 Å². The minimum atomic E-state index is -0.141. The van der Waals surface area contributed by atoms with Gasteiger partial charge in [0.1, 0.15) is 11.2 Å². The van der Waals surface area contributed by atoms with Gasteiger partial charge in [-0.05, 0) is 140 Å². The summed E-state index contributed by atoms with van der Waals surface area (Å²) in [6.45, 7) is -0.141. The highest BCUT2D eigenvalue weighted by atomic mass is 16.3. The lowest BCUT2D eigenvalue weighted by Gasteiger charge is -2.45. The molecule has 0 bridgehead atoms. The Morgan fingerprint density at radius 2 is 0.701 bits per heavy atom. The molecule has 3 heterocycles. The molecule has 0 amide bonds. The van der Waals surface area contributed by atoms with Crippen molar-refractivity contribution in [1.82, 2.24) is 0 Å². The van der Waals surface area contributed by atoms with E-state index in [0.29, 0.717) is 0 Å². The fourth-order valence-corrected chi connectivity index (χ4v) is 12.1. The summed E-state index contributed by atoms with van der Waals surface area (Å²) in [6, 6.07) is 106. The van der Waals surface area contributed by atoms with Gasteiger partial charge in [-0.2, -0.15) is 0 Å². The number of hydrogen-bond acceptors (Lipinski definition) is 4. The Kier molecular flexibility index (Phi) is 10.6. The van der Waals surface area contributed by atoms with Gasteiger partial charge < -0.3 is 19.1 Å². The fraction of sp³-hybridized carbons (Fsp3) is 0. The highest BCUT2D eigenvalue weighted by Gasteiger charge is 2.44. The first-order valence-electron chi connectivity index (χ1n) is 26.4. The molecule has 2 aliphatic heterocycles. The number of para-hydroxylation sites is 2. The zero-order valence-corrected chi connectivity index (χ0v) is 42.0. The van der Waals surface area contributed by atoms with Gasteiger partial charge in [0.2, 0.25) is 0 Å². The molecule has 77 heavy (non-hydrogen) atoms. The van der Waals surface area contributed by atoms with E-state index in [1.807, 2.05) is 6.07 Å². The fourth-order valence-electron chi connectivity index (χ4n) is 12.1. The van der Waals surface area contributed by atoms with E-state index >= 15 is 0 Å². The standard InChI is InChI=1S/C72H48BN3O/c1-6-19-49(20-7-1)53-33-39-58(40-34-53)75-64-43-37-55(51-23-10-3-11-24-51)45-62(64)73-63-46-56(52-25-12-4-13-26-52)38-44-65(63)76(59-41-35-54(36-42-59)50-21-8-2-9-22-50)68-48-60(47-67(75)72(68)73)74(57-27-14-5-15-28-57)66-30-18-32-70-71(66)61-29-16-17-31-69(61)77-70/h1-48H. The number of nitrogens with zero attached hydrogens (tertiary/aromatic N) is 3. The van der Waals surface area contributed by atoms with Crippen LogP contribution in [0, 0.1) is 0 Å². The molecule has 0 saturated heterocycles. The summed E-state index contributed by atoms with van der Waals surface area (Å²) in [5.74, 6) is 0. The van der Waals surface area contributed by atoms with Crippen LogP contribution in [0.15, 0.2) is 296 Å². The van der Waals surface area contributed by atoms with Crippen LogP contribution in [0.4, 0.5) is 51.2 Å². The van der Waals surface area contributed by atoms with E-state index in [1.54, 1.807) is 0 Å². The molecule has 0 fully saturated rings. The topological polar surface area (TPSA) is 22.9 Å². The summed E-state index contributed by atoms with van der Waals surface area (Å²) in [7, 11) is 0. The van der Waals surface area contributed by atoms with Crippen LogP contribution >= 0.6 is 0 Å². The van der Waals surface area contributed by atoms with Crippen molar-refractivity contribution in [3.63, 3.8) is 0 Å². The maximum Gasteiger partial charge on any atom is 0.252 e. The highest BCUT2D eigenvalue weighted by molar-refractivity contribution is 7.00. The maximum atomic E-state index is 6.62. The van der Waals surface area contributed by atoms with E-state index in [2.05, 4.69) is 300 Å². The van der Waals surface area contributed by atoms with Crippen LogP contribution in [0.3, 0.4) is 0 Å². The lowest BCUT2D eigenvalue weighted by molar-refractivity contribution is 0.669. The Morgan fingerprint density at radius 1 is 0.299 bits per heavy atom. The predicted octanol–water partition coefficient (Wildman–Crippen LogP) is 17.8. The van der Waals surface area contributed by atoms with Gasteiger partial charge in [0, 0.05) is 45.2 Å². The SMILES string of the molecule is c1ccc(-c2ccc(N3c4ccc(-c5ccccc5)cc4B4c5cc(-c6ccccc6)ccc5N(c5ccc(-c6ccccc6)cc5)c5cc(N(c6ccccc6)c6cccc7oc8ccccc8c67)cc3c54)cc2)cc1. The lowest BCUT2D eigenvalue weighted by Crippen LogP contribution is -2.61. The molecular formula is C72H48BN3O. The number of anilines is 9. The zero-order valence-electron chi connectivity index (χ0n) is 42.0. The summed E-state index contributed by atoms with van der Waals surface area (Å²) in [5, 5.41) is 2.14. The average molecular weight is 982 g/mol. The van der Waals surface area contributed by atoms with Crippen LogP contribution < -0.4 is 31.1 Å². The van der Waals surface area contributed by atoms with Gasteiger partial charge in [-0.1, -0.05) is 212 Å². The van der Waals surface area contributed by atoms with Crippen molar-refractivity contribution in [2.75, 3.05) is 14.7 Å². The molecule has 0 unspecified atom stereocenters. The van der Waals surface area contributed by atoms with Gasteiger partial charge in [0.15, 0.2) is 0 Å². The first-order valence-corrected chi connectivity index (χ1v) is 26.4. The molecule has 2 aliphatic rings. The third-order valence-corrected chi connectivity index (χ3v) is 15.6. The predicted molar refractivity (Wildman–Crippen MR) is 324 cm³/mol. The summed E-state index contributed by atoms with van der Waals surface area (Å²) in [5.41, 5.74) is 24.6. The van der Waals surface area contributed by atoms with Gasteiger partial charge >= 0.3 is 0 Å². The third-order valence-electron chi connectivity index (χ3n) is 15.6. The Morgan fingerprint density at radius 3 is 1.19 bits per heavy atom. The molecule has 0 radical (unpaired) electrons. The smallest absolute Gasteiger partial charge is 0.252 e. The number of hydrogen-bond donors (Lipinski definition) is 0. The summed E-state index contributed by atoms with van der Waals surface area (Å²) in [6.07, 6.45) is 0.